The zero-order valence-electron chi connectivity index (χ0n) is 12.8. The van der Waals surface area contributed by atoms with E-state index >= 15 is 0 Å². The summed E-state index contributed by atoms with van der Waals surface area (Å²) in [7, 11) is -3.85. The molecule has 0 radical (unpaired) electrons. The number of rotatable bonds is 6. The van der Waals surface area contributed by atoms with Crippen molar-refractivity contribution in [1.29, 1.82) is 0 Å². The number of sulfonamides is 1. The number of nitrogens with one attached hydrogen (secondary N) is 1. The number of aliphatic hydroxyl groups excluding tert-OH is 1. The molecule has 9 nitrogen and oxygen atoms in total. The van der Waals surface area contributed by atoms with Crippen LogP contribution in [0.15, 0.2) is 34.0 Å². The zero-order chi connectivity index (χ0) is 17.9. The predicted octanol–water partition coefficient (Wildman–Crippen LogP) is 1.17. The third-order valence-corrected chi connectivity index (χ3v) is 4.34. The molecule has 0 saturated carbocycles. The number of ether oxygens (including phenoxy) is 1. The van der Waals surface area contributed by atoms with Crippen LogP contribution in [0, 0.1) is 0 Å². The molecule has 0 bridgehead atoms. The molecule has 2 heterocycles. The van der Waals surface area contributed by atoms with Crippen molar-refractivity contribution < 1.29 is 18.3 Å². The fourth-order valence-corrected chi connectivity index (χ4v) is 2.26. The second kappa shape index (κ2) is 7.38. The summed E-state index contributed by atoms with van der Waals surface area (Å²) in [4.78, 5) is 12.0. The van der Waals surface area contributed by atoms with Gasteiger partial charge in [0.25, 0.3) is 10.0 Å². The molecule has 0 aliphatic rings. The minimum absolute atomic E-state index is 0.219. The molecule has 2 atom stereocenters. The van der Waals surface area contributed by atoms with E-state index < -0.39 is 22.2 Å². The molecule has 2 aromatic rings. The minimum Gasteiger partial charge on any atom is -0.471 e. The average Bonchev–Trinajstić information content (AvgIpc) is 2.50. The zero-order valence-corrected chi connectivity index (χ0v) is 15.2. The molecule has 0 aliphatic heterocycles. The first-order chi connectivity index (χ1) is 11.2. The maximum absolute atomic E-state index is 11.2. The number of pyridine rings is 1. The molecule has 0 aliphatic carbocycles. The highest BCUT2D eigenvalue weighted by atomic mass is 79.9. The second-order valence-electron chi connectivity index (χ2n) is 4.97. The van der Waals surface area contributed by atoms with Crippen molar-refractivity contribution in [2.45, 2.75) is 31.1 Å². The van der Waals surface area contributed by atoms with Gasteiger partial charge in [-0.2, -0.15) is 4.98 Å². The van der Waals surface area contributed by atoms with Crippen molar-refractivity contribution in [1.82, 2.24) is 15.0 Å². The fraction of sp³-hybridized carbons (Fsp3) is 0.308. The van der Waals surface area contributed by atoms with Crippen molar-refractivity contribution in [2.24, 2.45) is 5.14 Å². The molecular weight excluding hydrogens is 402 g/mol. The lowest BCUT2D eigenvalue weighted by Crippen LogP contribution is -2.26. The number of aliphatic hydroxyl groups is 1. The first kappa shape index (κ1) is 18.5. The molecule has 0 amide bonds. The van der Waals surface area contributed by atoms with Gasteiger partial charge >= 0.3 is 0 Å². The Morgan fingerprint density at radius 1 is 1.29 bits per heavy atom. The van der Waals surface area contributed by atoms with Crippen LogP contribution in [0.4, 0.5) is 11.6 Å². The number of halogens is 1. The summed E-state index contributed by atoms with van der Waals surface area (Å²) in [6, 6.07) is 2.75. The largest absolute Gasteiger partial charge is 0.471 e. The Hall–Kier alpha value is -1.82. The van der Waals surface area contributed by atoms with Crippen LogP contribution < -0.4 is 15.2 Å². The molecule has 0 fully saturated rings. The Bertz CT molecular complexity index is 814. The van der Waals surface area contributed by atoms with Gasteiger partial charge < -0.3 is 15.2 Å². The molecule has 130 valence electrons. The number of aromatic nitrogens is 3. The highest BCUT2D eigenvalue weighted by Crippen LogP contribution is 2.25. The highest BCUT2D eigenvalue weighted by molar-refractivity contribution is 9.10. The monoisotopic (exact) mass is 417 g/mol. The van der Waals surface area contributed by atoms with Gasteiger partial charge in [0.05, 0.1) is 28.7 Å². The van der Waals surface area contributed by atoms with Gasteiger partial charge in [-0.25, -0.2) is 23.5 Å². The summed E-state index contributed by atoms with van der Waals surface area (Å²) >= 11 is 3.27. The normalized spacial score (nSPS) is 14.0. The average molecular weight is 418 g/mol. The van der Waals surface area contributed by atoms with Crippen LogP contribution in [0.5, 0.6) is 5.88 Å². The lowest BCUT2D eigenvalue weighted by molar-refractivity contribution is 0.0569. The van der Waals surface area contributed by atoms with Crippen LogP contribution in [0.1, 0.15) is 13.8 Å². The van der Waals surface area contributed by atoms with Gasteiger partial charge in [-0.05, 0) is 41.9 Å². The lowest BCUT2D eigenvalue weighted by Gasteiger charge is -2.17. The molecule has 11 heteroatoms. The van der Waals surface area contributed by atoms with Crippen LogP contribution in [0.2, 0.25) is 0 Å². The van der Waals surface area contributed by atoms with E-state index in [4.69, 9.17) is 9.88 Å². The first-order valence-corrected chi connectivity index (χ1v) is 9.14. The number of hydrogen-bond donors (Lipinski definition) is 3. The molecular formula is C13H16BrN5O4S. The van der Waals surface area contributed by atoms with Gasteiger partial charge in [0, 0.05) is 0 Å². The molecule has 0 saturated heterocycles. The smallest absolute Gasteiger partial charge is 0.255 e. The van der Waals surface area contributed by atoms with E-state index in [9.17, 15) is 13.5 Å². The van der Waals surface area contributed by atoms with Crippen molar-refractivity contribution in [3.63, 3.8) is 0 Å². The van der Waals surface area contributed by atoms with Crippen molar-refractivity contribution in [3.8, 4) is 5.88 Å². The summed E-state index contributed by atoms with van der Waals surface area (Å²) in [5.74, 6) is 0.478. The van der Waals surface area contributed by atoms with Gasteiger partial charge in [0.2, 0.25) is 11.8 Å². The van der Waals surface area contributed by atoms with E-state index in [0.717, 1.165) is 0 Å². The third kappa shape index (κ3) is 4.84. The maximum Gasteiger partial charge on any atom is 0.255 e. The minimum atomic E-state index is -3.85. The van der Waals surface area contributed by atoms with Crippen LogP contribution in [-0.4, -0.2) is 40.7 Å². The number of primary sulfonamides is 1. The molecule has 2 rings (SSSR count). The van der Waals surface area contributed by atoms with E-state index in [1.54, 1.807) is 13.8 Å². The van der Waals surface area contributed by atoms with E-state index in [-0.39, 0.29) is 16.9 Å². The highest BCUT2D eigenvalue weighted by Gasteiger charge is 2.15. The third-order valence-electron chi connectivity index (χ3n) is 2.97. The Kier molecular flexibility index (Phi) is 5.70. The van der Waals surface area contributed by atoms with E-state index in [2.05, 4.69) is 36.2 Å². The second-order valence-corrected chi connectivity index (χ2v) is 7.33. The maximum atomic E-state index is 11.2. The first-order valence-electron chi connectivity index (χ1n) is 6.80. The lowest BCUT2D eigenvalue weighted by atomic mass is 10.3. The summed E-state index contributed by atoms with van der Waals surface area (Å²) in [6.45, 7) is 3.32. The summed E-state index contributed by atoms with van der Waals surface area (Å²) in [5.41, 5.74) is 0.472. The molecule has 0 unspecified atom stereocenters. The van der Waals surface area contributed by atoms with Gasteiger partial charge in [-0.3, -0.25) is 0 Å². The van der Waals surface area contributed by atoms with Gasteiger partial charge in [0.15, 0.2) is 5.03 Å². The Labute approximate surface area is 147 Å². The number of anilines is 2. The molecule has 0 spiro atoms. The van der Waals surface area contributed by atoms with Gasteiger partial charge in [-0.15, -0.1) is 0 Å². The van der Waals surface area contributed by atoms with Crippen molar-refractivity contribution in [3.05, 3.63) is 29.0 Å². The Morgan fingerprint density at radius 2 is 2.00 bits per heavy atom. The van der Waals surface area contributed by atoms with Gasteiger partial charge in [0.1, 0.15) is 6.10 Å². The standard InChI is InChI=1S/C13H16BrN5O4S/c1-7(20)8(2)23-12-10(14)6-17-13(19-12)18-9-3-4-11(16-5-9)24(15,21)22/h3-8,20H,1-2H3,(H2,15,21,22)(H,17,18,19)/t7-,8-/m1/s1. The topological polar surface area (TPSA) is 140 Å². The summed E-state index contributed by atoms with van der Waals surface area (Å²) in [5, 5.41) is 17.1. The SMILES string of the molecule is C[C@@H](O)[C@@H](C)Oc1nc(Nc2ccc(S(N)(=O)=O)nc2)ncc1Br. The number of hydrogen-bond acceptors (Lipinski definition) is 8. The van der Waals surface area contributed by atoms with Crippen LogP contribution in [0.3, 0.4) is 0 Å². The molecule has 24 heavy (non-hydrogen) atoms. The summed E-state index contributed by atoms with van der Waals surface area (Å²) in [6.07, 6.45) is 1.66. The van der Waals surface area contributed by atoms with E-state index in [0.29, 0.717) is 10.2 Å². The molecule has 0 aromatic carbocycles. The summed E-state index contributed by atoms with van der Waals surface area (Å²) < 4.78 is 28.4. The number of nitrogens with zero attached hydrogens (tertiary/aromatic N) is 3. The van der Waals surface area contributed by atoms with Crippen LogP contribution in [-0.2, 0) is 10.0 Å². The van der Waals surface area contributed by atoms with Crippen LogP contribution >= 0.6 is 15.9 Å². The predicted molar refractivity (Wildman–Crippen MR) is 90.4 cm³/mol. The molecule has 4 N–H and O–H groups in total. The quantitative estimate of drug-likeness (QED) is 0.635. The van der Waals surface area contributed by atoms with Crippen molar-refractivity contribution in [2.75, 3.05) is 5.32 Å². The molecule has 2 aromatic heterocycles. The van der Waals surface area contributed by atoms with E-state index in [1.807, 2.05) is 0 Å². The van der Waals surface area contributed by atoms with Gasteiger partial charge in [-0.1, -0.05) is 0 Å². The van der Waals surface area contributed by atoms with Crippen molar-refractivity contribution >= 4 is 37.6 Å². The Morgan fingerprint density at radius 3 is 2.54 bits per heavy atom. The van der Waals surface area contributed by atoms with Crippen LogP contribution in [0.25, 0.3) is 0 Å². The Balaban J connectivity index is 2.18. The fourth-order valence-electron chi connectivity index (χ4n) is 1.52. The number of nitrogens with two attached hydrogens (primary N) is 1. The van der Waals surface area contributed by atoms with E-state index in [1.165, 1.54) is 24.5 Å².